The minimum absolute atomic E-state index is 0.607. The first-order valence-electron chi connectivity index (χ1n) is 5.18. The Hall–Kier alpha value is -1.22. The van der Waals surface area contributed by atoms with Crippen LogP contribution >= 0.6 is 11.6 Å². The number of benzene rings is 1. The lowest BCUT2D eigenvalue weighted by atomic mass is 9.96. The van der Waals surface area contributed by atoms with Crippen LogP contribution in [0.15, 0.2) is 18.2 Å². The van der Waals surface area contributed by atoms with Gasteiger partial charge in [0.15, 0.2) is 0 Å². The van der Waals surface area contributed by atoms with E-state index < -0.39 is 11.4 Å². The molecular weight excluding hydrogens is 226 g/mol. The van der Waals surface area contributed by atoms with Crippen molar-refractivity contribution in [3.63, 3.8) is 0 Å². The molecule has 0 saturated heterocycles. The number of carboxylic acid groups (broad SMARTS) is 1. The summed E-state index contributed by atoms with van der Waals surface area (Å²) < 4.78 is 0. The number of aliphatic carboxylic acids is 1. The third kappa shape index (κ3) is 1.65. The Labute approximate surface area is 99.6 Å². The normalized spacial score (nSPS) is 16.9. The lowest BCUT2D eigenvalue weighted by Gasteiger charge is -2.17. The molecule has 1 N–H and O–H groups in total. The van der Waals surface area contributed by atoms with Gasteiger partial charge in [-0.2, -0.15) is 0 Å². The second-order valence-corrected chi connectivity index (χ2v) is 4.86. The first-order chi connectivity index (χ1) is 7.47. The molecule has 2 rings (SSSR count). The maximum atomic E-state index is 11.2. The maximum Gasteiger partial charge on any atom is 0.314 e. The Morgan fingerprint density at radius 2 is 2.06 bits per heavy atom. The summed E-state index contributed by atoms with van der Waals surface area (Å²) in [5.41, 5.74) is 1.05. The molecule has 0 spiro atoms. The van der Waals surface area contributed by atoms with Crippen molar-refractivity contribution in [1.29, 1.82) is 0 Å². The molecule has 1 aromatic carbocycles. The zero-order chi connectivity index (χ0) is 11.9. The van der Waals surface area contributed by atoms with Gasteiger partial charge in [-0.25, -0.2) is 0 Å². The van der Waals surface area contributed by atoms with Crippen LogP contribution in [0.5, 0.6) is 0 Å². The summed E-state index contributed by atoms with van der Waals surface area (Å²) in [6.07, 6.45) is 1.42. The molecule has 1 aliphatic carbocycles. The minimum atomic E-state index is -0.749. The zero-order valence-electron chi connectivity index (χ0n) is 9.33. The molecule has 86 valence electrons. The fourth-order valence-electron chi connectivity index (χ4n) is 1.92. The fraction of sp³-hybridized carbons (Fsp3) is 0.417. The number of anilines is 1. The summed E-state index contributed by atoms with van der Waals surface area (Å²) in [5, 5.41) is 9.78. The van der Waals surface area contributed by atoms with E-state index in [-0.39, 0.29) is 0 Å². The summed E-state index contributed by atoms with van der Waals surface area (Å²) in [6, 6.07) is 5.51. The van der Waals surface area contributed by atoms with Crippen LogP contribution in [-0.4, -0.2) is 25.2 Å². The molecular formula is C12H14ClNO2. The van der Waals surface area contributed by atoms with E-state index in [0.29, 0.717) is 17.9 Å². The van der Waals surface area contributed by atoms with Gasteiger partial charge in [0.2, 0.25) is 0 Å². The number of nitrogens with zero attached hydrogens (tertiary/aromatic N) is 1. The maximum absolute atomic E-state index is 11.2. The van der Waals surface area contributed by atoms with E-state index in [9.17, 15) is 9.90 Å². The standard InChI is InChI=1S/C12H14ClNO2/c1-14(2)10-4-3-8(7-9(10)13)12(5-6-12)11(15)16/h3-4,7H,5-6H2,1-2H3,(H,15,16). The van der Waals surface area contributed by atoms with Gasteiger partial charge in [0.1, 0.15) is 0 Å². The molecule has 4 heteroatoms. The van der Waals surface area contributed by atoms with E-state index in [1.165, 1.54) is 0 Å². The Kier molecular flexibility index (Phi) is 2.58. The van der Waals surface area contributed by atoms with Gasteiger partial charge in [-0.05, 0) is 30.5 Å². The van der Waals surface area contributed by atoms with Crippen molar-refractivity contribution in [3.8, 4) is 0 Å². The molecule has 3 nitrogen and oxygen atoms in total. The number of halogens is 1. The van der Waals surface area contributed by atoms with Crippen molar-refractivity contribution in [2.75, 3.05) is 19.0 Å². The number of hydrogen-bond acceptors (Lipinski definition) is 2. The largest absolute Gasteiger partial charge is 0.481 e. The van der Waals surface area contributed by atoms with E-state index in [1.807, 2.05) is 31.1 Å². The van der Waals surface area contributed by atoms with Crippen LogP contribution in [0.4, 0.5) is 5.69 Å². The van der Waals surface area contributed by atoms with Gasteiger partial charge in [-0.15, -0.1) is 0 Å². The highest BCUT2D eigenvalue weighted by Gasteiger charge is 2.51. The van der Waals surface area contributed by atoms with Crippen molar-refractivity contribution < 1.29 is 9.90 Å². The molecule has 1 fully saturated rings. The monoisotopic (exact) mass is 239 g/mol. The molecule has 1 aromatic rings. The number of carboxylic acids is 1. The van der Waals surface area contributed by atoms with Crippen LogP contribution in [0.25, 0.3) is 0 Å². The zero-order valence-corrected chi connectivity index (χ0v) is 10.1. The van der Waals surface area contributed by atoms with Crippen LogP contribution < -0.4 is 4.90 Å². The van der Waals surface area contributed by atoms with Gasteiger partial charge < -0.3 is 10.0 Å². The van der Waals surface area contributed by atoms with Crippen LogP contribution in [0.1, 0.15) is 18.4 Å². The molecule has 16 heavy (non-hydrogen) atoms. The predicted octanol–water partition coefficient (Wildman–Crippen LogP) is 2.52. The number of carbonyl (C=O) groups is 1. The van der Waals surface area contributed by atoms with Crippen LogP contribution in [0.2, 0.25) is 5.02 Å². The average Bonchev–Trinajstić information content (AvgIpc) is 2.97. The molecule has 0 atom stereocenters. The molecule has 0 radical (unpaired) electrons. The first kappa shape index (κ1) is 11.3. The molecule has 0 aromatic heterocycles. The lowest BCUT2D eigenvalue weighted by molar-refractivity contribution is -0.140. The summed E-state index contributed by atoms with van der Waals surface area (Å²) in [4.78, 5) is 13.1. The SMILES string of the molecule is CN(C)c1ccc(C2(C(=O)O)CC2)cc1Cl. The van der Waals surface area contributed by atoms with Gasteiger partial charge in [0, 0.05) is 14.1 Å². The summed E-state index contributed by atoms with van der Waals surface area (Å²) in [6.45, 7) is 0. The van der Waals surface area contributed by atoms with Gasteiger partial charge >= 0.3 is 5.97 Å². The quantitative estimate of drug-likeness (QED) is 0.881. The van der Waals surface area contributed by atoms with E-state index in [2.05, 4.69) is 0 Å². The van der Waals surface area contributed by atoms with Gasteiger partial charge in [0.05, 0.1) is 16.1 Å². The Morgan fingerprint density at radius 3 is 2.44 bits per heavy atom. The Balaban J connectivity index is 2.39. The molecule has 1 aliphatic rings. The van der Waals surface area contributed by atoms with E-state index in [0.717, 1.165) is 11.3 Å². The highest BCUT2D eigenvalue weighted by atomic mass is 35.5. The molecule has 0 amide bonds. The van der Waals surface area contributed by atoms with E-state index in [4.69, 9.17) is 11.6 Å². The van der Waals surface area contributed by atoms with Crippen molar-refractivity contribution in [2.24, 2.45) is 0 Å². The van der Waals surface area contributed by atoms with Gasteiger partial charge in [-0.1, -0.05) is 17.7 Å². The fourth-order valence-corrected chi connectivity index (χ4v) is 2.27. The second-order valence-electron chi connectivity index (χ2n) is 4.45. The second kappa shape index (κ2) is 3.67. The van der Waals surface area contributed by atoms with Crippen molar-refractivity contribution in [1.82, 2.24) is 0 Å². The number of rotatable bonds is 3. The Morgan fingerprint density at radius 1 is 1.44 bits per heavy atom. The highest BCUT2D eigenvalue weighted by Crippen LogP contribution is 2.49. The lowest BCUT2D eigenvalue weighted by Crippen LogP contribution is -2.19. The topological polar surface area (TPSA) is 40.5 Å². The third-order valence-corrected chi connectivity index (χ3v) is 3.44. The summed E-state index contributed by atoms with van der Waals surface area (Å²) in [5.74, 6) is -0.749. The highest BCUT2D eigenvalue weighted by molar-refractivity contribution is 6.33. The first-order valence-corrected chi connectivity index (χ1v) is 5.56. The molecule has 0 unspecified atom stereocenters. The van der Waals surface area contributed by atoms with Crippen LogP contribution in [0, 0.1) is 0 Å². The van der Waals surface area contributed by atoms with Crippen molar-refractivity contribution >= 4 is 23.3 Å². The molecule has 0 bridgehead atoms. The van der Waals surface area contributed by atoms with Crippen LogP contribution in [-0.2, 0) is 10.2 Å². The molecule has 0 aliphatic heterocycles. The van der Waals surface area contributed by atoms with Crippen molar-refractivity contribution in [2.45, 2.75) is 18.3 Å². The van der Waals surface area contributed by atoms with Crippen LogP contribution in [0.3, 0.4) is 0 Å². The predicted molar refractivity (Wildman–Crippen MR) is 64.3 cm³/mol. The van der Waals surface area contributed by atoms with Gasteiger partial charge in [-0.3, -0.25) is 4.79 Å². The van der Waals surface area contributed by atoms with E-state index >= 15 is 0 Å². The number of hydrogen-bond donors (Lipinski definition) is 1. The smallest absolute Gasteiger partial charge is 0.314 e. The third-order valence-electron chi connectivity index (χ3n) is 3.14. The average molecular weight is 240 g/mol. The summed E-state index contributed by atoms with van der Waals surface area (Å²) >= 11 is 6.13. The Bertz CT molecular complexity index is 439. The molecule has 0 heterocycles. The van der Waals surface area contributed by atoms with E-state index in [1.54, 1.807) is 6.07 Å². The minimum Gasteiger partial charge on any atom is -0.481 e. The summed E-state index contributed by atoms with van der Waals surface area (Å²) in [7, 11) is 3.82. The van der Waals surface area contributed by atoms with Crippen molar-refractivity contribution in [3.05, 3.63) is 28.8 Å². The molecule has 1 saturated carbocycles. The van der Waals surface area contributed by atoms with Gasteiger partial charge in [0.25, 0.3) is 0 Å².